The largest absolute Gasteiger partial charge is 0.461 e. The predicted octanol–water partition coefficient (Wildman–Crippen LogP) is 2.62. The zero-order valence-electron chi connectivity index (χ0n) is 11.3. The van der Waals surface area contributed by atoms with Crippen LogP contribution in [0.4, 0.5) is 0 Å². The molecule has 0 saturated heterocycles. The molecule has 0 spiro atoms. The smallest absolute Gasteiger partial charge is 0.337 e. The Hall–Kier alpha value is -1.32. The van der Waals surface area contributed by atoms with E-state index in [0.29, 0.717) is 18.4 Å². The molecule has 0 aromatic carbocycles. The van der Waals surface area contributed by atoms with E-state index in [-0.39, 0.29) is 12.6 Å². The van der Waals surface area contributed by atoms with Crippen molar-refractivity contribution in [1.29, 1.82) is 0 Å². The summed E-state index contributed by atoms with van der Waals surface area (Å²) in [6.07, 6.45) is 2.71. The van der Waals surface area contributed by atoms with E-state index in [1.54, 1.807) is 33.8 Å². The minimum absolute atomic E-state index is 0.0184. The van der Waals surface area contributed by atoms with Gasteiger partial charge in [0.2, 0.25) is 0 Å². The molecule has 0 aromatic heterocycles. The van der Waals surface area contributed by atoms with Crippen molar-refractivity contribution in [1.82, 2.24) is 0 Å². The van der Waals surface area contributed by atoms with Gasteiger partial charge in [-0.25, -0.2) is 4.79 Å². The molecular weight excluding hydrogens is 220 g/mol. The average Bonchev–Trinajstić information content (AvgIpc) is 2.20. The van der Waals surface area contributed by atoms with Gasteiger partial charge in [-0.05, 0) is 27.2 Å². The Kier molecular flexibility index (Phi) is 6.54. The van der Waals surface area contributed by atoms with Crippen LogP contribution in [0.1, 0.15) is 47.5 Å². The van der Waals surface area contributed by atoms with Crippen molar-refractivity contribution in [3.63, 3.8) is 0 Å². The summed E-state index contributed by atoms with van der Waals surface area (Å²) in [5.41, 5.74) is -0.150. The van der Waals surface area contributed by atoms with E-state index in [1.165, 1.54) is 0 Å². The van der Waals surface area contributed by atoms with Gasteiger partial charge in [0.05, 0.1) is 5.57 Å². The maximum absolute atomic E-state index is 11.8. The molecule has 0 fully saturated rings. The Bertz CT molecular complexity index is 297. The molecule has 0 aliphatic rings. The van der Waals surface area contributed by atoms with Crippen LogP contribution in [0, 0.1) is 0 Å². The number of rotatable bonds is 5. The highest BCUT2D eigenvalue weighted by Gasteiger charge is 2.20. The third-order valence-corrected chi connectivity index (χ3v) is 1.79. The predicted molar refractivity (Wildman–Crippen MR) is 65.5 cm³/mol. The average molecular weight is 242 g/mol. The lowest BCUT2D eigenvalue weighted by atomic mass is 10.2. The fraction of sp³-hybridized carbons (Fsp3) is 0.692. The van der Waals surface area contributed by atoms with Crippen molar-refractivity contribution in [3.8, 4) is 0 Å². The van der Waals surface area contributed by atoms with Gasteiger partial charge >= 0.3 is 11.9 Å². The molecule has 0 aromatic rings. The maximum atomic E-state index is 11.8. The molecule has 0 saturated carbocycles. The van der Waals surface area contributed by atoms with Gasteiger partial charge in [-0.2, -0.15) is 0 Å². The zero-order valence-corrected chi connectivity index (χ0v) is 11.3. The van der Waals surface area contributed by atoms with Gasteiger partial charge in [0.15, 0.2) is 0 Å². The molecule has 0 aliphatic heterocycles. The van der Waals surface area contributed by atoms with Crippen molar-refractivity contribution in [2.24, 2.45) is 0 Å². The van der Waals surface area contributed by atoms with Crippen molar-refractivity contribution in [2.75, 3.05) is 6.61 Å². The number of ether oxygens (including phenoxy) is 2. The van der Waals surface area contributed by atoms with Gasteiger partial charge in [-0.15, -0.1) is 0 Å². The van der Waals surface area contributed by atoms with Gasteiger partial charge in [0.1, 0.15) is 12.2 Å². The van der Waals surface area contributed by atoms with Crippen LogP contribution in [-0.2, 0) is 19.1 Å². The Labute approximate surface area is 103 Å². The molecule has 0 heterocycles. The van der Waals surface area contributed by atoms with E-state index in [9.17, 15) is 9.59 Å². The molecule has 0 amide bonds. The maximum Gasteiger partial charge on any atom is 0.337 e. The van der Waals surface area contributed by atoms with Crippen LogP contribution in [-0.4, -0.2) is 24.1 Å². The molecule has 0 rings (SSSR count). The molecule has 17 heavy (non-hydrogen) atoms. The van der Waals surface area contributed by atoms with Crippen molar-refractivity contribution >= 4 is 11.9 Å². The monoisotopic (exact) mass is 242 g/mol. The molecule has 0 atom stereocenters. The van der Waals surface area contributed by atoms with Gasteiger partial charge in [0, 0.05) is 6.42 Å². The van der Waals surface area contributed by atoms with E-state index in [0.717, 1.165) is 0 Å². The standard InChI is InChI=1S/C13H22O4/c1-6-8-10(9-16-11(14)7-2)12(15)17-13(3,4)5/h8H,6-7,9H2,1-5H3. The number of carbonyl (C=O) groups is 2. The minimum Gasteiger partial charge on any atom is -0.461 e. The third kappa shape index (κ3) is 7.55. The van der Waals surface area contributed by atoms with E-state index in [1.807, 2.05) is 6.92 Å². The number of hydrogen-bond acceptors (Lipinski definition) is 4. The highest BCUT2D eigenvalue weighted by molar-refractivity contribution is 5.89. The lowest BCUT2D eigenvalue weighted by molar-refractivity contribution is -0.151. The lowest BCUT2D eigenvalue weighted by Crippen LogP contribution is -2.26. The molecule has 0 N–H and O–H groups in total. The Morgan fingerprint density at radius 2 is 1.76 bits per heavy atom. The van der Waals surface area contributed by atoms with Crippen molar-refractivity contribution < 1.29 is 19.1 Å². The highest BCUT2D eigenvalue weighted by Crippen LogP contribution is 2.12. The number of allylic oxidation sites excluding steroid dienone is 1. The van der Waals surface area contributed by atoms with Crippen molar-refractivity contribution in [2.45, 2.75) is 53.1 Å². The molecular formula is C13H22O4. The fourth-order valence-electron chi connectivity index (χ4n) is 1.05. The molecule has 0 aliphatic carbocycles. The first-order valence-corrected chi connectivity index (χ1v) is 5.88. The Morgan fingerprint density at radius 3 is 2.18 bits per heavy atom. The molecule has 4 heteroatoms. The topological polar surface area (TPSA) is 52.6 Å². The second kappa shape index (κ2) is 7.09. The molecule has 0 unspecified atom stereocenters. The van der Waals surface area contributed by atoms with Crippen LogP contribution in [0.3, 0.4) is 0 Å². The first-order valence-electron chi connectivity index (χ1n) is 5.88. The molecule has 0 bridgehead atoms. The van der Waals surface area contributed by atoms with Gasteiger partial charge in [0.25, 0.3) is 0 Å². The number of hydrogen-bond donors (Lipinski definition) is 0. The highest BCUT2D eigenvalue weighted by atomic mass is 16.6. The minimum atomic E-state index is -0.543. The second-order valence-electron chi connectivity index (χ2n) is 4.65. The van der Waals surface area contributed by atoms with Crippen LogP contribution < -0.4 is 0 Å². The van der Waals surface area contributed by atoms with Crippen molar-refractivity contribution in [3.05, 3.63) is 11.6 Å². The first kappa shape index (κ1) is 15.7. The zero-order chi connectivity index (χ0) is 13.5. The van der Waals surface area contributed by atoms with Gasteiger partial charge in [-0.3, -0.25) is 4.79 Å². The van der Waals surface area contributed by atoms with Crippen LogP contribution in [0.15, 0.2) is 11.6 Å². The number of esters is 2. The summed E-state index contributed by atoms with van der Waals surface area (Å²) < 4.78 is 10.2. The van der Waals surface area contributed by atoms with Gasteiger partial charge in [-0.1, -0.05) is 19.9 Å². The normalized spacial score (nSPS) is 12.2. The first-order chi connectivity index (χ1) is 7.80. The second-order valence-corrected chi connectivity index (χ2v) is 4.65. The van der Waals surface area contributed by atoms with E-state index < -0.39 is 11.6 Å². The summed E-state index contributed by atoms with van der Waals surface area (Å²) in [5.74, 6) is -0.751. The quantitative estimate of drug-likeness (QED) is 0.549. The van der Waals surface area contributed by atoms with E-state index >= 15 is 0 Å². The third-order valence-electron chi connectivity index (χ3n) is 1.79. The van der Waals surface area contributed by atoms with E-state index in [2.05, 4.69) is 0 Å². The van der Waals surface area contributed by atoms with Crippen LogP contribution in [0.25, 0.3) is 0 Å². The molecule has 98 valence electrons. The molecule has 0 radical (unpaired) electrons. The summed E-state index contributed by atoms with van der Waals surface area (Å²) in [6, 6.07) is 0. The van der Waals surface area contributed by atoms with Crippen LogP contribution in [0.2, 0.25) is 0 Å². The van der Waals surface area contributed by atoms with Crippen LogP contribution in [0.5, 0.6) is 0 Å². The van der Waals surface area contributed by atoms with Gasteiger partial charge < -0.3 is 9.47 Å². The fourth-order valence-corrected chi connectivity index (χ4v) is 1.05. The SMILES string of the molecule is CCC=C(COC(=O)CC)C(=O)OC(C)(C)C. The van der Waals surface area contributed by atoms with E-state index in [4.69, 9.17) is 9.47 Å². The Morgan fingerprint density at radius 1 is 1.18 bits per heavy atom. The lowest BCUT2D eigenvalue weighted by Gasteiger charge is -2.20. The molecule has 4 nitrogen and oxygen atoms in total. The number of carbonyl (C=O) groups excluding carboxylic acids is 2. The summed E-state index contributed by atoms with van der Waals surface area (Å²) in [4.78, 5) is 22.8. The summed E-state index contributed by atoms with van der Waals surface area (Å²) in [7, 11) is 0. The summed E-state index contributed by atoms with van der Waals surface area (Å²) in [6.45, 7) is 8.99. The summed E-state index contributed by atoms with van der Waals surface area (Å²) in [5, 5.41) is 0. The summed E-state index contributed by atoms with van der Waals surface area (Å²) >= 11 is 0. The Balaban J connectivity index is 4.48. The van der Waals surface area contributed by atoms with Crippen LogP contribution >= 0.6 is 0 Å².